The van der Waals surface area contributed by atoms with Crippen LogP contribution < -0.4 is 11.1 Å². The molecule has 0 unspecified atom stereocenters. The summed E-state index contributed by atoms with van der Waals surface area (Å²) in [6.07, 6.45) is 0. The normalized spacial score (nSPS) is 12.5. The van der Waals surface area contributed by atoms with E-state index in [9.17, 15) is 0 Å². The van der Waals surface area contributed by atoms with Crippen LogP contribution in [-0.4, -0.2) is 24.2 Å². The van der Waals surface area contributed by atoms with Gasteiger partial charge in [-0.25, -0.2) is 4.99 Å². The molecule has 0 spiro atoms. The van der Waals surface area contributed by atoms with Gasteiger partial charge in [-0.15, -0.1) is 0 Å². The molecule has 0 radical (unpaired) electrons. The van der Waals surface area contributed by atoms with Gasteiger partial charge in [0.2, 0.25) is 0 Å². The largest absolute Gasteiger partial charge is 0.396 e. The van der Waals surface area contributed by atoms with Crippen molar-refractivity contribution >= 4 is 5.96 Å². The third-order valence-corrected chi connectivity index (χ3v) is 2.45. The lowest BCUT2D eigenvalue weighted by molar-refractivity contribution is 0.162. The average Bonchev–Trinajstić information content (AvgIpc) is 2.35. The molecule has 17 heavy (non-hydrogen) atoms. The number of guanidine groups is 1. The van der Waals surface area contributed by atoms with Crippen LogP contribution in [0.4, 0.5) is 0 Å². The highest BCUT2D eigenvalue weighted by Gasteiger charge is 2.15. The fraction of sp³-hybridized carbons (Fsp3) is 0.462. The van der Waals surface area contributed by atoms with Crippen molar-refractivity contribution in [3.05, 3.63) is 35.9 Å². The Balaban J connectivity index is 2.40. The maximum absolute atomic E-state index is 9.09. The Morgan fingerprint density at radius 3 is 2.59 bits per heavy atom. The minimum absolute atomic E-state index is 0.117. The molecule has 1 rings (SSSR count). The van der Waals surface area contributed by atoms with Gasteiger partial charge in [-0.05, 0) is 5.56 Å². The van der Waals surface area contributed by atoms with E-state index in [4.69, 9.17) is 10.8 Å². The van der Waals surface area contributed by atoms with E-state index >= 15 is 0 Å². The van der Waals surface area contributed by atoms with E-state index in [-0.39, 0.29) is 12.0 Å². The first-order valence-corrected chi connectivity index (χ1v) is 5.72. The van der Waals surface area contributed by atoms with E-state index in [0.29, 0.717) is 19.0 Å². The Kier molecular flexibility index (Phi) is 4.97. The highest BCUT2D eigenvalue weighted by atomic mass is 16.3. The Labute approximate surface area is 103 Å². The highest BCUT2D eigenvalue weighted by molar-refractivity contribution is 5.77. The maximum Gasteiger partial charge on any atom is 0.188 e. The summed E-state index contributed by atoms with van der Waals surface area (Å²) in [5.41, 5.74) is 6.68. The molecule has 1 aromatic carbocycles. The van der Waals surface area contributed by atoms with Gasteiger partial charge in [0.15, 0.2) is 5.96 Å². The Hall–Kier alpha value is -1.55. The number of hydrogen-bond donors (Lipinski definition) is 3. The number of nitrogens with two attached hydrogens (primary N) is 1. The predicted octanol–water partition coefficient (Wildman–Crippen LogP) is 1.11. The first-order valence-electron chi connectivity index (χ1n) is 5.72. The summed E-state index contributed by atoms with van der Waals surface area (Å²) in [4.78, 5) is 4.23. The third kappa shape index (κ3) is 5.36. The lowest BCUT2D eigenvalue weighted by Gasteiger charge is -2.22. The van der Waals surface area contributed by atoms with Crippen LogP contribution in [0, 0.1) is 5.41 Å². The minimum atomic E-state index is -0.188. The summed E-state index contributed by atoms with van der Waals surface area (Å²) in [5.74, 6) is 0.412. The fourth-order valence-corrected chi connectivity index (χ4v) is 1.20. The van der Waals surface area contributed by atoms with Crippen LogP contribution in [0.2, 0.25) is 0 Å². The predicted molar refractivity (Wildman–Crippen MR) is 70.6 cm³/mol. The van der Waals surface area contributed by atoms with Gasteiger partial charge in [0.25, 0.3) is 0 Å². The Bertz CT molecular complexity index is 360. The Morgan fingerprint density at radius 2 is 2.00 bits per heavy atom. The van der Waals surface area contributed by atoms with Gasteiger partial charge in [0, 0.05) is 18.6 Å². The van der Waals surface area contributed by atoms with Gasteiger partial charge in [0.05, 0.1) is 6.54 Å². The van der Waals surface area contributed by atoms with E-state index in [2.05, 4.69) is 10.3 Å². The molecule has 4 heteroatoms. The van der Waals surface area contributed by atoms with Gasteiger partial charge in [0.1, 0.15) is 0 Å². The van der Waals surface area contributed by atoms with Crippen molar-refractivity contribution in [3.8, 4) is 0 Å². The van der Waals surface area contributed by atoms with Crippen molar-refractivity contribution in [3.63, 3.8) is 0 Å². The van der Waals surface area contributed by atoms with Crippen LogP contribution in [-0.2, 0) is 6.54 Å². The molecule has 0 amide bonds. The number of aliphatic hydroxyl groups is 1. The molecular formula is C13H21N3O. The average molecular weight is 235 g/mol. The van der Waals surface area contributed by atoms with Crippen LogP contribution in [0.3, 0.4) is 0 Å². The van der Waals surface area contributed by atoms with E-state index in [1.165, 1.54) is 0 Å². The van der Waals surface area contributed by atoms with E-state index in [1.54, 1.807) is 0 Å². The summed E-state index contributed by atoms with van der Waals surface area (Å²) in [5, 5.41) is 12.1. The molecule has 0 aliphatic carbocycles. The van der Waals surface area contributed by atoms with E-state index in [0.717, 1.165) is 5.56 Å². The van der Waals surface area contributed by atoms with Gasteiger partial charge >= 0.3 is 0 Å². The van der Waals surface area contributed by atoms with Gasteiger partial charge in [-0.1, -0.05) is 44.2 Å². The first kappa shape index (κ1) is 13.5. The molecule has 0 atom stereocenters. The second-order valence-electron chi connectivity index (χ2n) is 4.86. The van der Waals surface area contributed by atoms with Crippen LogP contribution in [0.5, 0.6) is 0 Å². The first-order chi connectivity index (χ1) is 8.03. The van der Waals surface area contributed by atoms with Gasteiger partial charge in [-0.3, -0.25) is 0 Å². The van der Waals surface area contributed by atoms with Crippen molar-refractivity contribution in [2.45, 2.75) is 20.4 Å². The smallest absolute Gasteiger partial charge is 0.188 e. The van der Waals surface area contributed by atoms with Crippen LogP contribution in [0.25, 0.3) is 0 Å². The van der Waals surface area contributed by atoms with Crippen molar-refractivity contribution in [1.82, 2.24) is 5.32 Å². The van der Waals surface area contributed by atoms with Crippen molar-refractivity contribution in [1.29, 1.82) is 0 Å². The second kappa shape index (κ2) is 6.25. The molecular weight excluding hydrogens is 214 g/mol. The molecule has 94 valence electrons. The zero-order chi connectivity index (χ0) is 12.7. The van der Waals surface area contributed by atoms with Crippen LogP contribution in [0.15, 0.2) is 35.3 Å². The highest BCUT2D eigenvalue weighted by Crippen LogP contribution is 2.10. The molecule has 0 heterocycles. The number of nitrogens with zero attached hydrogens (tertiary/aromatic N) is 1. The number of nitrogens with one attached hydrogen (secondary N) is 1. The summed E-state index contributed by atoms with van der Waals surface area (Å²) in [7, 11) is 0. The molecule has 0 saturated heterocycles. The molecule has 4 N–H and O–H groups in total. The monoisotopic (exact) mass is 235 g/mol. The van der Waals surface area contributed by atoms with Crippen molar-refractivity contribution < 1.29 is 5.11 Å². The zero-order valence-electron chi connectivity index (χ0n) is 10.5. The molecule has 0 saturated carbocycles. The third-order valence-electron chi connectivity index (χ3n) is 2.45. The van der Waals surface area contributed by atoms with Crippen molar-refractivity contribution in [2.75, 3.05) is 13.2 Å². The van der Waals surface area contributed by atoms with Crippen LogP contribution >= 0.6 is 0 Å². The molecule has 0 fully saturated rings. The van der Waals surface area contributed by atoms with E-state index in [1.807, 2.05) is 44.2 Å². The number of aliphatic imine (C=N–C) groups is 1. The molecule has 0 aliphatic rings. The molecule has 0 aromatic heterocycles. The lowest BCUT2D eigenvalue weighted by atomic mass is 9.95. The molecule has 0 bridgehead atoms. The number of benzene rings is 1. The van der Waals surface area contributed by atoms with Crippen molar-refractivity contribution in [2.24, 2.45) is 16.1 Å². The molecule has 1 aromatic rings. The quantitative estimate of drug-likeness (QED) is 0.529. The topological polar surface area (TPSA) is 70.6 Å². The summed E-state index contributed by atoms with van der Waals surface area (Å²) >= 11 is 0. The number of hydrogen-bond acceptors (Lipinski definition) is 2. The fourth-order valence-electron chi connectivity index (χ4n) is 1.20. The molecule has 4 nitrogen and oxygen atoms in total. The maximum atomic E-state index is 9.09. The summed E-state index contributed by atoms with van der Waals surface area (Å²) < 4.78 is 0. The van der Waals surface area contributed by atoms with Gasteiger partial charge < -0.3 is 16.2 Å². The SMILES string of the molecule is CC(C)(CO)CNC(N)=NCc1ccccc1. The number of rotatable bonds is 5. The van der Waals surface area contributed by atoms with E-state index < -0.39 is 0 Å². The zero-order valence-corrected chi connectivity index (χ0v) is 10.5. The summed E-state index contributed by atoms with van der Waals surface area (Å²) in [6.45, 7) is 5.22. The number of aliphatic hydroxyl groups excluding tert-OH is 1. The standard InChI is InChI=1S/C13H21N3O/c1-13(2,10-17)9-16-12(14)15-8-11-6-4-3-5-7-11/h3-7,17H,8-10H2,1-2H3,(H3,14,15,16). The van der Waals surface area contributed by atoms with Crippen LogP contribution in [0.1, 0.15) is 19.4 Å². The lowest BCUT2D eigenvalue weighted by Crippen LogP contribution is -2.40. The Morgan fingerprint density at radius 1 is 1.35 bits per heavy atom. The molecule has 0 aliphatic heterocycles. The minimum Gasteiger partial charge on any atom is -0.396 e. The summed E-state index contributed by atoms with van der Waals surface area (Å²) in [6, 6.07) is 9.94. The second-order valence-corrected chi connectivity index (χ2v) is 4.86. The van der Waals surface area contributed by atoms with Gasteiger partial charge in [-0.2, -0.15) is 0 Å².